The molecule has 1 saturated carbocycles. The van der Waals surface area contributed by atoms with Crippen LogP contribution < -0.4 is 5.32 Å². The van der Waals surface area contributed by atoms with Crippen LogP contribution in [0.5, 0.6) is 0 Å². The van der Waals surface area contributed by atoms with Crippen LogP contribution in [0, 0.1) is 23.7 Å². The Morgan fingerprint density at radius 3 is 2.82 bits per heavy atom. The van der Waals surface area contributed by atoms with Crippen molar-refractivity contribution in [3.63, 3.8) is 0 Å². The van der Waals surface area contributed by atoms with Crippen molar-refractivity contribution in [2.45, 2.75) is 26.2 Å². The highest BCUT2D eigenvalue weighted by Crippen LogP contribution is 2.41. The number of hydrogen-bond acceptors (Lipinski definition) is 3. The van der Waals surface area contributed by atoms with Crippen molar-refractivity contribution < 1.29 is 4.79 Å². The summed E-state index contributed by atoms with van der Waals surface area (Å²) in [6.07, 6.45) is 3.85. The highest BCUT2D eigenvalue weighted by Gasteiger charge is 2.44. The molecule has 1 fully saturated rings. The van der Waals surface area contributed by atoms with Gasteiger partial charge in [0.2, 0.25) is 5.91 Å². The summed E-state index contributed by atoms with van der Waals surface area (Å²) < 4.78 is 0.867. The van der Waals surface area contributed by atoms with Gasteiger partial charge < -0.3 is 5.32 Å². The number of hydrogen-bond donors (Lipinski definition) is 1. The van der Waals surface area contributed by atoms with Crippen molar-refractivity contribution in [1.82, 2.24) is 4.98 Å². The number of nitriles is 1. The fourth-order valence-electron chi connectivity index (χ4n) is 1.82. The Balaban J connectivity index is 2.16. The third kappa shape index (κ3) is 2.18. The van der Waals surface area contributed by atoms with Crippen LogP contribution in [0.25, 0.3) is 0 Å². The first-order valence-electron chi connectivity index (χ1n) is 5.42. The molecule has 0 bridgehead atoms. The Morgan fingerprint density at radius 1 is 1.65 bits per heavy atom. The topological polar surface area (TPSA) is 65.8 Å². The van der Waals surface area contributed by atoms with Crippen LogP contribution in [-0.4, -0.2) is 10.9 Å². The molecular weight excluding hydrogens is 282 g/mol. The zero-order chi connectivity index (χ0) is 12.5. The molecule has 1 aliphatic rings. The average molecular weight is 294 g/mol. The Morgan fingerprint density at radius 2 is 2.35 bits per heavy atom. The van der Waals surface area contributed by atoms with E-state index in [1.807, 2.05) is 13.0 Å². The summed E-state index contributed by atoms with van der Waals surface area (Å²) in [6.45, 7) is 1.87. The Kier molecular flexibility index (Phi) is 3.16. The smallest absolute Gasteiger partial charge is 0.246 e. The third-order valence-corrected chi connectivity index (χ3v) is 3.57. The van der Waals surface area contributed by atoms with Crippen molar-refractivity contribution in [3.05, 3.63) is 22.3 Å². The van der Waals surface area contributed by atoms with Gasteiger partial charge in [-0.25, -0.2) is 4.98 Å². The molecule has 0 atom stereocenters. The van der Waals surface area contributed by atoms with Crippen molar-refractivity contribution in [1.29, 1.82) is 5.26 Å². The Labute approximate surface area is 108 Å². The van der Waals surface area contributed by atoms with Gasteiger partial charge in [-0.3, -0.25) is 4.79 Å². The summed E-state index contributed by atoms with van der Waals surface area (Å²) in [5.74, 6) is 0.295. The standard InChI is InChI=1S/C12H12BrN3O/c1-8-5-9(13)6-15-10(8)16-11(17)12(7-14)3-2-4-12/h5-6H,2-4H2,1H3,(H,15,16,17). The molecule has 0 unspecified atom stereocenters. The zero-order valence-electron chi connectivity index (χ0n) is 9.46. The number of nitrogens with zero attached hydrogens (tertiary/aromatic N) is 2. The van der Waals surface area contributed by atoms with E-state index in [2.05, 4.69) is 32.3 Å². The molecule has 17 heavy (non-hydrogen) atoms. The summed E-state index contributed by atoms with van der Waals surface area (Å²) >= 11 is 3.31. The minimum atomic E-state index is -0.832. The first kappa shape index (κ1) is 12.1. The van der Waals surface area contributed by atoms with Crippen molar-refractivity contribution in [2.75, 3.05) is 5.32 Å². The predicted octanol–water partition coefficient (Wildman–Crippen LogP) is 2.78. The van der Waals surface area contributed by atoms with Crippen LogP contribution >= 0.6 is 15.9 Å². The number of rotatable bonds is 2. The van der Waals surface area contributed by atoms with Crippen LogP contribution in [0.4, 0.5) is 5.82 Å². The van der Waals surface area contributed by atoms with E-state index in [0.717, 1.165) is 16.5 Å². The molecule has 1 heterocycles. The molecule has 0 spiro atoms. The van der Waals surface area contributed by atoms with E-state index in [9.17, 15) is 4.79 Å². The minimum Gasteiger partial charge on any atom is -0.309 e. The largest absolute Gasteiger partial charge is 0.309 e. The first-order chi connectivity index (χ1) is 8.07. The van der Waals surface area contributed by atoms with Gasteiger partial charge in [-0.05, 0) is 53.7 Å². The molecule has 0 saturated heterocycles. The van der Waals surface area contributed by atoms with E-state index in [-0.39, 0.29) is 5.91 Å². The van der Waals surface area contributed by atoms with Gasteiger partial charge in [0.1, 0.15) is 11.2 Å². The maximum Gasteiger partial charge on any atom is 0.246 e. The predicted molar refractivity (Wildman–Crippen MR) is 67.2 cm³/mol. The number of amides is 1. The third-order valence-electron chi connectivity index (χ3n) is 3.13. The number of pyridine rings is 1. The summed E-state index contributed by atoms with van der Waals surface area (Å²) in [7, 11) is 0. The number of halogens is 1. The molecule has 1 aliphatic carbocycles. The second-order valence-corrected chi connectivity index (χ2v) is 5.24. The molecule has 2 rings (SSSR count). The van der Waals surface area contributed by atoms with Crippen LogP contribution in [0.3, 0.4) is 0 Å². The van der Waals surface area contributed by atoms with Crippen molar-refractivity contribution in [2.24, 2.45) is 5.41 Å². The Hall–Kier alpha value is -1.41. The van der Waals surface area contributed by atoms with E-state index in [1.54, 1.807) is 6.20 Å². The van der Waals surface area contributed by atoms with Gasteiger partial charge in [0, 0.05) is 10.7 Å². The van der Waals surface area contributed by atoms with Crippen LogP contribution in [0.2, 0.25) is 0 Å². The molecule has 5 heteroatoms. The lowest BCUT2D eigenvalue weighted by Crippen LogP contribution is -2.40. The van der Waals surface area contributed by atoms with E-state index >= 15 is 0 Å². The van der Waals surface area contributed by atoms with E-state index < -0.39 is 5.41 Å². The number of carbonyl (C=O) groups excluding carboxylic acids is 1. The second-order valence-electron chi connectivity index (χ2n) is 4.32. The van der Waals surface area contributed by atoms with E-state index in [0.29, 0.717) is 18.7 Å². The second kappa shape index (κ2) is 4.46. The summed E-state index contributed by atoms with van der Waals surface area (Å²) in [4.78, 5) is 16.1. The number of carbonyl (C=O) groups is 1. The lowest BCUT2D eigenvalue weighted by Gasteiger charge is -2.33. The highest BCUT2D eigenvalue weighted by molar-refractivity contribution is 9.10. The average Bonchev–Trinajstić information content (AvgIpc) is 2.21. The van der Waals surface area contributed by atoms with Crippen LogP contribution in [-0.2, 0) is 4.79 Å². The van der Waals surface area contributed by atoms with Crippen LogP contribution in [0.15, 0.2) is 16.7 Å². The molecule has 0 radical (unpaired) electrons. The first-order valence-corrected chi connectivity index (χ1v) is 6.21. The normalized spacial score (nSPS) is 16.8. The molecule has 0 aromatic carbocycles. The molecular formula is C12H12BrN3O. The Bertz CT molecular complexity index is 503. The summed E-state index contributed by atoms with van der Waals surface area (Å²) in [6, 6.07) is 3.99. The molecule has 1 aromatic rings. The number of anilines is 1. The maximum atomic E-state index is 12.0. The fraction of sp³-hybridized carbons (Fsp3) is 0.417. The number of nitrogens with one attached hydrogen (secondary N) is 1. The number of aromatic nitrogens is 1. The van der Waals surface area contributed by atoms with Gasteiger partial charge in [0.25, 0.3) is 0 Å². The van der Waals surface area contributed by atoms with E-state index in [1.165, 1.54) is 0 Å². The maximum absolute atomic E-state index is 12.0. The quantitative estimate of drug-likeness (QED) is 0.912. The molecule has 1 amide bonds. The summed E-state index contributed by atoms with van der Waals surface area (Å²) in [5.41, 5.74) is 0.0430. The van der Waals surface area contributed by atoms with Gasteiger partial charge in [0.05, 0.1) is 6.07 Å². The van der Waals surface area contributed by atoms with Gasteiger partial charge in [-0.1, -0.05) is 0 Å². The molecule has 1 aromatic heterocycles. The summed E-state index contributed by atoms with van der Waals surface area (Å²) in [5, 5.41) is 11.8. The van der Waals surface area contributed by atoms with Crippen molar-refractivity contribution in [3.8, 4) is 6.07 Å². The van der Waals surface area contributed by atoms with Gasteiger partial charge in [-0.2, -0.15) is 5.26 Å². The fourth-order valence-corrected chi connectivity index (χ4v) is 2.26. The van der Waals surface area contributed by atoms with E-state index in [4.69, 9.17) is 5.26 Å². The monoisotopic (exact) mass is 293 g/mol. The van der Waals surface area contributed by atoms with Crippen molar-refractivity contribution >= 4 is 27.7 Å². The van der Waals surface area contributed by atoms with Crippen LogP contribution in [0.1, 0.15) is 24.8 Å². The highest BCUT2D eigenvalue weighted by atomic mass is 79.9. The molecule has 88 valence electrons. The lowest BCUT2D eigenvalue weighted by atomic mass is 9.69. The molecule has 1 N–H and O–H groups in total. The van der Waals surface area contributed by atoms with Gasteiger partial charge in [0.15, 0.2) is 0 Å². The van der Waals surface area contributed by atoms with Gasteiger partial charge >= 0.3 is 0 Å². The lowest BCUT2D eigenvalue weighted by molar-refractivity contribution is -0.126. The van der Waals surface area contributed by atoms with Gasteiger partial charge in [-0.15, -0.1) is 0 Å². The minimum absolute atomic E-state index is 0.232. The SMILES string of the molecule is Cc1cc(Br)cnc1NC(=O)C1(C#N)CCC1. The number of aryl methyl sites for hydroxylation is 1. The molecule has 0 aliphatic heterocycles. The zero-order valence-corrected chi connectivity index (χ0v) is 11.0. The molecule has 4 nitrogen and oxygen atoms in total.